The van der Waals surface area contributed by atoms with Crippen LogP contribution in [0.1, 0.15) is 29.8 Å². The van der Waals surface area contributed by atoms with Gasteiger partial charge in [0.05, 0.1) is 6.33 Å². The summed E-state index contributed by atoms with van der Waals surface area (Å²) in [7, 11) is 2.09. The Morgan fingerprint density at radius 3 is 2.73 bits per heavy atom. The van der Waals surface area contributed by atoms with E-state index in [1.165, 1.54) is 10.9 Å². The van der Waals surface area contributed by atoms with E-state index < -0.39 is 0 Å². The fourth-order valence-electron chi connectivity index (χ4n) is 4.01. The molecule has 1 aliphatic heterocycles. The first kappa shape index (κ1) is 20.3. The molecule has 0 N–H and O–H groups in total. The topological polar surface area (TPSA) is 84.5 Å². The zero-order chi connectivity index (χ0) is 21.3. The summed E-state index contributed by atoms with van der Waals surface area (Å²) >= 11 is 0. The van der Waals surface area contributed by atoms with Gasteiger partial charge >= 0.3 is 0 Å². The van der Waals surface area contributed by atoms with Gasteiger partial charge in [0.2, 0.25) is 5.91 Å². The second-order valence-electron chi connectivity index (χ2n) is 8.04. The zero-order valence-electron chi connectivity index (χ0n) is 17.7. The fourth-order valence-corrected chi connectivity index (χ4v) is 4.01. The molecule has 0 unspecified atom stereocenters. The number of amides is 1. The summed E-state index contributed by atoms with van der Waals surface area (Å²) in [5.41, 5.74) is 2.88. The molecule has 3 aromatic rings. The monoisotopic (exact) mass is 409 g/mol. The Morgan fingerprint density at radius 1 is 1.23 bits per heavy atom. The molecule has 158 valence electrons. The number of aryl methyl sites for hydroxylation is 1. The smallest absolute Gasteiger partial charge is 0.256 e. The van der Waals surface area contributed by atoms with E-state index in [9.17, 15) is 9.59 Å². The number of fused-ring (bicyclic) bond motifs is 1. The van der Waals surface area contributed by atoms with Gasteiger partial charge in [-0.2, -0.15) is 0 Å². The lowest BCUT2D eigenvalue weighted by Crippen LogP contribution is -2.46. The molecule has 0 spiro atoms. The van der Waals surface area contributed by atoms with Crippen molar-refractivity contribution < 1.29 is 9.32 Å². The Hall–Kier alpha value is -3.00. The minimum Gasteiger partial charge on any atom is -0.356 e. The molecule has 0 aliphatic carbocycles. The molecule has 1 fully saturated rings. The molecule has 4 rings (SSSR count). The van der Waals surface area contributed by atoms with Crippen molar-refractivity contribution in [2.45, 2.75) is 45.8 Å². The molecule has 0 saturated carbocycles. The quantitative estimate of drug-likeness (QED) is 0.642. The summed E-state index contributed by atoms with van der Waals surface area (Å²) < 4.78 is 6.81. The van der Waals surface area contributed by atoms with Gasteiger partial charge in [-0.3, -0.25) is 19.1 Å². The van der Waals surface area contributed by atoms with Crippen LogP contribution in [0.3, 0.4) is 0 Å². The van der Waals surface area contributed by atoms with Gasteiger partial charge < -0.3 is 9.42 Å². The van der Waals surface area contributed by atoms with Crippen molar-refractivity contribution in [3.8, 4) is 0 Å². The maximum absolute atomic E-state index is 12.7. The molecule has 1 amide bonds. The van der Waals surface area contributed by atoms with E-state index in [2.05, 4.69) is 22.1 Å². The molecule has 0 radical (unpaired) electrons. The van der Waals surface area contributed by atoms with Crippen molar-refractivity contribution in [1.82, 2.24) is 24.5 Å². The number of likely N-dealkylation sites (tertiary alicyclic amines) is 1. The molecule has 1 aliphatic rings. The van der Waals surface area contributed by atoms with Crippen LogP contribution >= 0.6 is 0 Å². The lowest BCUT2D eigenvalue weighted by Gasteiger charge is -2.36. The van der Waals surface area contributed by atoms with Crippen LogP contribution in [-0.2, 0) is 17.9 Å². The highest BCUT2D eigenvalue weighted by atomic mass is 16.5. The van der Waals surface area contributed by atoms with E-state index in [0.29, 0.717) is 36.9 Å². The van der Waals surface area contributed by atoms with Gasteiger partial charge in [-0.1, -0.05) is 17.3 Å². The molecule has 8 nitrogen and oxygen atoms in total. The minimum absolute atomic E-state index is 0.0363. The number of carbonyl (C=O) groups is 1. The Balaban J connectivity index is 1.33. The number of aromatic nitrogens is 3. The summed E-state index contributed by atoms with van der Waals surface area (Å²) in [5.74, 6) is -0.0363. The second-order valence-corrected chi connectivity index (χ2v) is 8.04. The number of carbonyl (C=O) groups excluding carboxylic acids is 1. The lowest BCUT2D eigenvalue weighted by molar-refractivity contribution is -0.133. The zero-order valence-corrected chi connectivity index (χ0v) is 17.7. The van der Waals surface area contributed by atoms with Crippen molar-refractivity contribution in [1.29, 1.82) is 0 Å². The molecule has 1 aromatic carbocycles. The number of benzene rings is 1. The standard InChI is InChI=1S/C22H27N5O3/c1-15-16(2)23-14-27(22(15)29)13-21(28)26-10-8-17(9-11-26)25(3)12-19-18-6-4-5-7-20(18)30-24-19/h4-7,14,17H,8-13H2,1-3H3. The minimum atomic E-state index is -0.148. The first-order valence-electron chi connectivity index (χ1n) is 10.3. The van der Waals surface area contributed by atoms with Crippen molar-refractivity contribution >= 4 is 16.9 Å². The number of para-hydroxylation sites is 1. The maximum Gasteiger partial charge on any atom is 0.256 e. The van der Waals surface area contributed by atoms with Crippen LogP contribution in [0.4, 0.5) is 0 Å². The van der Waals surface area contributed by atoms with E-state index >= 15 is 0 Å². The molecule has 2 aromatic heterocycles. The lowest BCUT2D eigenvalue weighted by atomic mass is 10.0. The molecule has 30 heavy (non-hydrogen) atoms. The number of hydrogen-bond donors (Lipinski definition) is 0. The van der Waals surface area contributed by atoms with Gasteiger partial charge in [0.25, 0.3) is 5.56 Å². The number of rotatable bonds is 5. The Kier molecular flexibility index (Phi) is 5.67. The third-order valence-electron chi connectivity index (χ3n) is 6.11. The van der Waals surface area contributed by atoms with Gasteiger partial charge in [-0.15, -0.1) is 0 Å². The van der Waals surface area contributed by atoms with E-state index in [1.54, 1.807) is 13.8 Å². The highest BCUT2D eigenvalue weighted by molar-refractivity contribution is 5.79. The molecule has 8 heteroatoms. The maximum atomic E-state index is 12.7. The Morgan fingerprint density at radius 2 is 1.97 bits per heavy atom. The van der Waals surface area contributed by atoms with E-state index in [-0.39, 0.29) is 18.0 Å². The van der Waals surface area contributed by atoms with Gasteiger partial charge in [0.15, 0.2) is 5.58 Å². The largest absolute Gasteiger partial charge is 0.356 e. The van der Waals surface area contributed by atoms with Crippen molar-refractivity contribution in [2.24, 2.45) is 0 Å². The van der Waals surface area contributed by atoms with Gasteiger partial charge in [0.1, 0.15) is 12.2 Å². The van der Waals surface area contributed by atoms with Gasteiger partial charge in [-0.05, 0) is 45.9 Å². The first-order valence-corrected chi connectivity index (χ1v) is 10.3. The average molecular weight is 409 g/mol. The molecule has 0 bridgehead atoms. The summed E-state index contributed by atoms with van der Waals surface area (Å²) in [6.45, 7) is 5.65. The summed E-state index contributed by atoms with van der Waals surface area (Å²) in [6, 6.07) is 8.25. The normalized spacial score (nSPS) is 15.3. The summed E-state index contributed by atoms with van der Waals surface area (Å²) in [4.78, 5) is 33.4. The van der Waals surface area contributed by atoms with Gasteiger partial charge in [0, 0.05) is 42.3 Å². The van der Waals surface area contributed by atoms with E-state index in [0.717, 1.165) is 29.5 Å². The molecular formula is C22H27N5O3. The second kappa shape index (κ2) is 8.39. The van der Waals surface area contributed by atoms with Crippen LogP contribution in [0, 0.1) is 13.8 Å². The predicted octanol–water partition coefficient (Wildman–Crippen LogP) is 2.12. The third-order valence-corrected chi connectivity index (χ3v) is 6.11. The van der Waals surface area contributed by atoms with Crippen LogP contribution in [0.25, 0.3) is 11.0 Å². The summed E-state index contributed by atoms with van der Waals surface area (Å²) in [6.07, 6.45) is 3.24. The highest BCUT2D eigenvalue weighted by Crippen LogP contribution is 2.22. The molecular weight excluding hydrogens is 382 g/mol. The van der Waals surface area contributed by atoms with Crippen LogP contribution < -0.4 is 5.56 Å². The van der Waals surface area contributed by atoms with Crippen LogP contribution in [0.5, 0.6) is 0 Å². The number of nitrogens with zero attached hydrogens (tertiary/aromatic N) is 5. The highest BCUT2D eigenvalue weighted by Gasteiger charge is 2.26. The first-order chi connectivity index (χ1) is 14.4. The number of piperidine rings is 1. The van der Waals surface area contributed by atoms with Gasteiger partial charge in [-0.25, -0.2) is 4.98 Å². The van der Waals surface area contributed by atoms with Crippen molar-refractivity contribution in [3.05, 3.63) is 57.9 Å². The average Bonchev–Trinajstić information content (AvgIpc) is 3.17. The Bertz CT molecular complexity index is 1110. The summed E-state index contributed by atoms with van der Waals surface area (Å²) in [5, 5.41) is 5.27. The van der Waals surface area contributed by atoms with Crippen LogP contribution in [0.2, 0.25) is 0 Å². The molecule has 1 saturated heterocycles. The van der Waals surface area contributed by atoms with Crippen LogP contribution in [-0.4, -0.2) is 56.6 Å². The van der Waals surface area contributed by atoms with E-state index in [4.69, 9.17) is 4.52 Å². The third kappa shape index (κ3) is 4.00. The predicted molar refractivity (Wildman–Crippen MR) is 113 cm³/mol. The Labute approximate surface area is 175 Å². The molecule has 0 atom stereocenters. The SMILES string of the molecule is Cc1ncn(CC(=O)N2CCC(N(C)Cc3noc4ccccc34)CC2)c(=O)c1C. The van der Waals surface area contributed by atoms with E-state index in [1.807, 2.05) is 29.2 Å². The fraction of sp³-hybridized carbons (Fsp3) is 0.455. The number of hydrogen-bond acceptors (Lipinski definition) is 6. The molecule has 3 heterocycles. The van der Waals surface area contributed by atoms with Crippen molar-refractivity contribution in [2.75, 3.05) is 20.1 Å². The van der Waals surface area contributed by atoms with Crippen molar-refractivity contribution in [3.63, 3.8) is 0 Å². The van der Waals surface area contributed by atoms with Crippen LogP contribution in [0.15, 0.2) is 39.9 Å².